The second-order valence-electron chi connectivity index (χ2n) is 4.28. The summed E-state index contributed by atoms with van der Waals surface area (Å²) in [6, 6.07) is 6.97. The van der Waals surface area contributed by atoms with Crippen LogP contribution >= 0.6 is 11.8 Å². The summed E-state index contributed by atoms with van der Waals surface area (Å²) in [4.78, 5) is 26.7. The number of aromatic hydroxyl groups is 1. The molecule has 0 radical (unpaired) electrons. The van der Waals surface area contributed by atoms with Crippen LogP contribution in [0.1, 0.15) is 0 Å². The molecule has 0 aromatic heterocycles. The van der Waals surface area contributed by atoms with Gasteiger partial charge in [0.05, 0.1) is 5.75 Å². The Labute approximate surface area is 116 Å². The number of hydrogen-bond acceptors (Lipinski definition) is 4. The van der Waals surface area contributed by atoms with E-state index < -0.39 is 0 Å². The number of para-hydroxylation sites is 1. The van der Waals surface area contributed by atoms with Crippen LogP contribution in [0, 0.1) is 0 Å². The monoisotopic (exact) mass is 280 g/mol. The van der Waals surface area contributed by atoms with Crippen LogP contribution in [0.4, 0.5) is 0 Å². The van der Waals surface area contributed by atoms with Crippen LogP contribution in [-0.2, 0) is 9.59 Å². The lowest BCUT2D eigenvalue weighted by Crippen LogP contribution is -2.48. The summed E-state index contributed by atoms with van der Waals surface area (Å²) < 4.78 is 0. The SMILES string of the molecule is O=CN1CCN(C(=O)CSc2ccccc2O)CC1. The van der Waals surface area contributed by atoms with Gasteiger partial charge in [0.25, 0.3) is 0 Å². The van der Waals surface area contributed by atoms with E-state index in [0.29, 0.717) is 36.8 Å². The number of carbonyl (C=O) groups excluding carboxylic acids is 2. The predicted molar refractivity (Wildman–Crippen MR) is 73.0 cm³/mol. The quantitative estimate of drug-likeness (QED) is 0.654. The molecule has 6 heteroatoms. The van der Waals surface area contributed by atoms with E-state index in [4.69, 9.17) is 0 Å². The van der Waals surface area contributed by atoms with Crippen LogP contribution in [-0.4, -0.2) is 59.2 Å². The van der Waals surface area contributed by atoms with Gasteiger partial charge in [0.1, 0.15) is 5.75 Å². The number of thioether (sulfide) groups is 1. The van der Waals surface area contributed by atoms with Gasteiger partial charge in [-0.3, -0.25) is 9.59 Å². The summed E-state index contributed by atoms with van der Waals surface area (Å²) in [5.74, 6) is 0.545. The van der Waals surface area contributed by atoms with Gasteiger partial charge in [0.15, 0.2) is 0 Å². The zero-order valence-electron chi connectivity index (χ0n) is 10.5. The van der Waals surface area contributed by atoms with Gasteiger partial charge in [-0.05, 0) is 12.1 Å². The van der Waals surface area contributed by atoms with Crippen LogP contribution in [0.25, 0.3) is 0 Å². The first-order valence-corrected chi connectivity index (χ1v) is 7.07. The van der Waals surface area contributed by atoms with Gasteiger partial charge in [-0.25, -0.2) is 0 Å². The summed E-state index contributed by atoms with van der Waals surface area (Å²) >= 11 is 1.33. The molecule has 1 fully saturated rings. The molecular formula is C13H16N2O3S. The minimum Gasteiger partial charge on any atom is -0.507 e. The third-order valence-corrected chi connectivity index (χ3v) is 4.08. The number of amides is 2. The van der Waals surface area contributed by atoms with E-state index in [1.807, 2.05) is 6.07 Å². The number of rotatable bonds is 4. The van der Waals surface area contributed by atoms with Crippen molar-refractivity contribution in [2.45, 2.75) is 4.90 Å². The van der Waals surface area contributed by atoms with Gasteiger partial charge >= 0.3 is 0 Å². The van der Waals surface area contributed by atoms with E-state index in [1.54, 1.807) is 28.0 Å². The molecule has 1 saturated heterocycles. The molecule has 1 aromatic rings. The normalized spacial score (nSPS) is 15.4. The lowest BCUT2D eigenvalue weighted by molar-refractivity contribution is -0.132. The Bertz CT molecular complexity index is 459. The Hall–Kier alpha value is -1.69. The lowest BCUT2D eigenvalue weighted by Gasteiger charge is -2.32. The van der Waals surface area contributed by atoms with Gasteiger partial charge in [-0.15, -0.1) is 11.8 Å². The molecular weight excluding hydrogens is 264 g/mol. The largest absolute Gasteiger partial charge is 0.507 e. The smallest absolute Gasteiger partial charge is 0.233 e. The number of carbonyl (C=O) groups is 2. The minimum atomic E-state index is 0.0406. The zero-order chi connectivity index (χ0) is 13.7. The number of piperazine rings is 1. The molecule has 0 atom stereocenters. The molecule has 1 heterocycles. The maximum Gasteiger partial charge on any atom is 0.233 e. The van der Waals surface area contributed by atoms with Crippen molar-refractivity contribution in [3.05, 3.63) is 24.3 Å². The Morgan fingerprint density at radius 1 is 1.26 bits per heavy atom. The molecule has 102 valence electrons. The minimum absolute atomic E-state index is 0.0406. The summed E-state index contributed by atoms with van der Waals surface area (Å²) in [5, 5.41) is 9.61. The average Bonchev–Trinajstić information content (AvgIpc) is 2.46. The lowest BCUT2D eigenvalue weighted by atomic mass is 10.3. The topological polar surface area (TPSA) is 60.9 Å². The standard InChI is InChI=1S/C13H16N2O3S/c16-10-14-5-7-15(8-6-14)13(18)9-19-12-4-2-1-3-11(12)17/h1-4,10,17H,5-9H2. The van der Waals surface area contributed by atoms with Crippen molar-refractivity contribution in [1.29, 1.82) is 0 Å². The molecule has 1 aromatic carbocycles. The van der Waals surface area contributed by atoms with Crippen LogP contribution in [0.5, 0.6) is 5.75 Å². The summed E-state index contributed by atoms with van der Waals surface area (Å²) in [5.41, 5.74) is 0. The highest BCUT2D eigenvalue weighted by atomic mass is 32.2. The third-order valence-electron chi connectivity index (χ3n) is 3.03. The maximum absolute atomic E-state index is 12.0. The highest BCUT2D eigenvalue weighted by Crippen LogP contribution is 2.27. The third kappa shape index (κ3) is 3.64. The van der Waals surface area contributed by atoms with Gasteiger partial charge < -0.3 is 14.9 Å². The van der Waals surface area contributed by atoms with Crippen molar-refractivity contribution in [2.75, 3.05) is 31.9 Å². The number of phenols is 1. The fourth-order valence-corrected chi connectivity index (χ4v) is 2.74. The molecule has 1 aliphatic heterocycles. The number of nitrogens with zero attached hydrogens (tertiary/aromatic N) is 2. The van der Waals surface area contributed by atoms with E-state index >= 15 is 0 Å². The molecule has 2 rings (SSSR count). The Morgan fingerprint density at radius 2 is 1.95 bits per heavy atom. The number of hydrogen-bond donors (Lipinski definition) is 1. The van der Waals surface area contributed by atoms with Crippen LogP contribution in [0.15, 0.2) is 29.2 Å². The molecule has 0 spiro atoms. The van der Waals surface area contributed by atoms with Gasteiger partial charge in [0.2, 0.25) is 12.3 Å². The van der Waals surface area contributed by atoms with E-state index in [1.165, 1.54) is 11.8 Å². The Morgan fingerprint density at radius 3 is 2.58 bits per heavy atom. The van der Waals surface area contributed by atoms with Crippen molar-refractivity contribution < 1.29 is 14.7 Å². The van der Waals surface area contributed by atoms with E-state index in [2.05, 4.69) is 0 Å². The molecule has 2 amide bonds. The molecule has 0 aliphatic carbocycles. The van der Waals surface area contributed by atoms with E-state index in [0.717, 1.165) is 6.41 Å². The van der Waals surface area contributed by atoms with Gasteiger partial charge in [0, 0.05) is 31.1 Å². The number of phenolic OH excluding ortho intramolecular Hbond substituents is 1. The highest BCUT2D eigenvalue weighted by molar-refractivity contribution is 8.00. The van der Waals surface area contributed by atoms with Crippen LogP contribution < -0.4 is 0 Å². The Kier molecular flexibility index (Phi) is 4.68. The second-order valence-corrected chi connectivity index (χ2v) is 5.30. The van der Waals surface area contributed by atoms with Crippen molar-refractivity contribution in [3.63, 3.8) is 0 Å². The van der Waals surface area contributed by atoms with Crippen LogP contribution in [0.3, 0.4) is 0 Å². The highest BCUT2D eigenvalue weighted by Gasteiger charge is 2.20. The molecule has 1 aliphatic rings. The van der Waals surface area contributed by atoms with Crippen molar-refractivity contribution in [1.82, 2.24) is 9.80 Å². The molecule has 0 unspecified atom stereocenters. The van der Waals surface area contributed by atoms with E-state index in [-0.39, 0.29) is 11.7 Å². The van der Waals surface area contributed by atoms with Gasteiger partial charge in [-0.2, -0.15) is 0 Å². The maximum atomic E-state index is 12.0. The summed E-state index contributed by atoms with van der Waals surface area (Å²) in [6.45, 7) is 2.35. The van der Waals surface area contributed by atoms with Crippen molar-refractivity contribution in [3.8, 4) is 5.75 Å². The first-order chi connectivity index (χ1) is 9.20. The first-order valence-electron chi connectivity index (χ1n) is 6.08. The average molecular weight is 280 g/mol. The van der Waals surface area contributed by atoms with Crippen molar-refractivity contribution in [2.24, 2.45) is 0 Å². The van der Waals surface area contributed by atoms with Crippen LogP contribution in [0.2, 0.25) is 0 Å². The summed E-state index contributed by atoms with van der Waals surface area (Å²) in [6.07, 6.45) is 0.818. The Balaban J connectivity index is 1.82. The molecule has 0 bridgehead atoms. The second kappa shape index (κ2) is 6.47. The van der Waals surface area contributed by atoms with Gasteiger partial charge in [-0.1, -0.05) is 12.1 Å². The molecule has 1 N–H and O–H groups in total. The van der Waals surface area contributed by atoms with Crippen molar-refractivity contribution >= 4 is 24.1 Å². The molecule has 5 nitrogen and oxygen atoms in total. The fraction of sp³-hybridized carbons (Fsp3) is 0.385. The fourth-order valence-electron chi connectivity index (χ4n) is 1.89. The zero-order valence-corrected chi connectivity index (χ0v) is 11.3. The summed E-state index contributed by atoms with van der Waals surface area (Å²) in [7, 11) is 0. The first kappa shape index (κ1) is 13.7. The number of benzene rings is 1. The molecule has 0 saturated carbocycles. The predicted octanol–water partition coefficient (Wildman–Crippen LogP) is 0.785. The molecule has 19 heavy (non-hydrogen) atoms. The van der Waals surface area contributed by atoms with E-state index in [9.17, 15) is 14.7 Å².